The number of fused-ring (bicyclic) bond motifs is 1. The molecule has 0 saturated carbocycles. The van der Waals surface area contributed by atoms with Gasteiger partial charge in [-0.05, 0) is 12.1 Å². The first-order chi connectivity index (χ1) is 12.2. The van der Waals surface area contributed by atoms with E-state index < -0.39 is 0 Å². The quantitative estimate of drug-likeness (QED) is 0.895. The fraction of sp³-hybridized carbons (Fsp3) is 0.375. The van der Waals surface area contributed by atoms with Crippen molar-refractivity contribution in [2.24, 2.45) is 0 Å². The third-order valence-electron chi connectivity index (χ3n) is 4.28. The molecule has 1 atom stereocenters. The van der Waals surface area contributed by atoms with Gasteiger partial charge in [0.25, 0.3) is 0 Å². The molecule has 130 valence electrons. The van der Waals surface area contributed by atoms with E-state index in [-0.39, 0.29) is 24.7 Å². The first-order valence-electron chi connectivity index (χ1n) is 8.04. The summed E-state index contributed by atoms with van der Waals surface area (Å²) >= 11 is 0. The number of hydrogen-bond donors (Lipinski definition) is 1. The second-order valence-electron chi connectivity index (χ2n) is 5.90. The summed E-state index contributed by atoms with van der Waals surface area (Å²) < 4.78 is 10.6. The van der Waals surface area contributed by atoms with Gasteiger partial charge in [0.2, 0.25) is 11.8 Å². The molecular weight excluding hydrogens is 326 g/mol. The molecule has 2 aliphatic rings. The molecule has 1 aromatic carbocycles. The minimum absolute atomic E-state index is 0.0694. The number of cyclic esters (lactones) is 1. The van der Waals surface area contributed by atoms with Crippen LogP contribution in [0.15, 0.2) is 34.7 Å². The molecule has 3 amide bonds. The number of aromatic nitrogens is 2. The molecular formula is C16H17N5O4. The fourth-order valence-electron chi connectivity index (χ4n) is 2.96. The summed E-state index contributed by atoms with van der Waals surface area (Å²) in [6.07, 6.45) is -0.302. The van der Waals surface area contributed by atoms with Gasteiger partial charge in [0.1, 0.15) is 6.61 Å². The standard InChI is InChI=1S/C16H17N5O4/c22-15(20-6-7-21-12(9-20)10-24-16(21)23)17-8-13-18-19-14(25-13)11-4-2-1-3-5-11/h1-5,12H,6-10H2,(H,17,22)/t12-/m1/s1. The van der Waals surface area contributed by atoms with Crippen LogP contribution in [-0.4, -0.2) is 64.4 Å². The van der Waals surface area contributed by atoms with Gasteiger partial charge >= 0.3 is 12.1 Å². The molecule has 2 aliphatic heterocycles. The second kappa shape index (κ2) is 6.42. The minimum atomic E-state index is -0.302. The molecule has 1 N–H and O–H groups in total. The third kappa shape index (κ3) is 3.12. The van der Waals surface area contributed by atoms with Crippen LogP contribution in [0.4, 0.5) is 9.59 Å². The number of carbonyl (C=O) groups excluding carboxylic acids is 2. The zero-order chi connectivity index (χ0) is 17.2. The lowest BCUT2D eigenvalue weighted by Crippen LogP contribution is -2.55. The molecule has 3 heterocycles. The highest BCUT2D eigenvalue weighted by molar-refractivity contribution is 5.75. The molecule has 0 aliphatic carbocycles. The average molecular weight is 343 g/mol. The van der Waals surface area contributed by atoms with Crippen LogP contribution in [-0.2, 0) is 11.3 Å². The molecule has 2 fully saturated rings. The maximum Gasteiger partial charge on any atom is 0.410 e. The smallest absolute Gasteiger partial charge is 0.410 e. The van der Waals surface area contributed by atoms with Crippen molar-refractivity contribution < 1.29 is 18.7 Å². The van der Waals surface area contributed by atoms with Gasteiger partial charge in [0, 0.05) is 25.2 Å². The topological polar surface area (TPSA) is 101 Å². The van der Waals surface area contributed by atoms with Crippen molar-refractivity contribution in [3.63, 3.8) is 0 Å². The molecule has 2 saturated heterocycles. The van der Waals surface area contributed by atoms with Crippen molar-refractivity contribution in [3.05, 3.63) is 36.2 Å². The van der Waals surface area contributed by atoms with E-state index in [1.165, 1.54) is 0 Å². The van der Waals surface area contributed by atoms with E-state index in [0.717, 1.165) is 5.56 Å². The Hall–Kier alpha value is -3.10. The van der Waals surface area contributed by atoms with Gasteiger partial charge < -0.3 is 19.4 Å². The lowest BCUT2D eigenvalue weighted by molar-refractivity contribution is 0.126. The van der Waals surface area contributed by atoms with E-state index in [4.69, 9.17) is 9.15 Å². The molecule has 9 nitrogen and oxygen atoms in total. The zero-order valence-electron chi connectivity index (χ0n) is 13.4. The summed E-state index contributed by atoms with van der Waals surface area (Å²) in [7, 11) is 0. The number of amides is 3. The van der Waals surface area contributed by atoms with Crippen molar-refractivity contribution in [2.45, 2.75) is 12.6 Å². The molecule has 1 aromatic heterocycles. The van der Waals surface area contributed by atoms with Gasteiger partial charge in [-0.2, -0.15) is 0 Å². The zero-order valence-corrected chi connectivity index (χ0v) is 13.4. The molecule has 9 heteroatoms. The lowest BCUT2D eigenvalue weighted by atomic mass is 10.2. The van der Waals surface area contributed by atoms with E-state index >= 15 is 0 Å². The maximum atomic E-state index is 12.3. The Labute approximate surface area is 143 Å². The van der Waals surface area contributed by atoms with E-state index in [1.807, 2.05) is 30.3 Å². The van der Waals surface area contributed by atoms with Crippen molar-refractivity contribution in [3.8, 4) is 11.5 Å². The van der Waals surface area contributed by atoms with Crippen molar-refractivity contribution >= 4 is 12.1 Å². The number of piperazine rings is 1. The predicted octanol–water partition coefficient (Wildman–Crippen LogP) is 1.08. The molecule has 4 rings (SSSR count). The number of urea groups is 1. The summed E-state index contributed by atoms with van der Waals surface area (Å²) in [6.45, 7) is 1.88. The van der Waals surface area contributed by atoms with Gasteiger partial charge in [0.05, 0.1) is 12.6 Å². The Morgan fingerprint density at radius 1 is 1.24 bits per heavy atom. The van der Waals surface area contributed by atoms with Crippen LogP contribution >= 0.6 is 0 Å². The Morgan fingerprint density at radius 2 is 2.08 bits per heavy atom. The normalized spacial score (nSPS) is 19.5. The lowest BCUT2D eigenvalue weighted by Gasteiger charge is -2.35. The SMILES string of the molecule is O=C(NCc1nnc(-c2ccccc2)o1)N1CCN2C(=O)OC[C@H]2C1. The Morgan fingerprint density at radius 3 is 2.92 bits per heavy atom. The summed E-state index contributed by atoms with van der Waals surface area (Å²) in [5.41, 5.74) is 0.828. The summed E-state index contributed by atoms with van der Waals surface area (Å²) in [4.78, 5) is 27.1. The Bertz CT molecular complexity index is 778. The van der Waals surface area contributed by atoms with Crippen LogP contribution in [0, 0.1) is 0 Å². The maximum absolute atomic E-state index is 12.3. The van der Waals surface area contributed by atoms with Crippen LogP contribution in [0.1, 0.15) is 5.89 Å². The minimum Gasteiger partial charge on any atom is -0.447 e. The van der Waals surface area contributed by atoms with E-state index in [0.29, 0.717) is 38.0 Å². The second-order valence-corrected chi connectivity index (χ2v) is 5.90. The van der Waals surface area contributed by atoms with E-state index in [2.05, 4.69) is 15.5 Å². The van der Waals surface area contributed by atoms with Crippen molar-refractivity contribution in [2.75, 3.05) is 26.2 Å². The largest absolute Gasteiger partial charge is 0.447 e. The summed E-state index contributed by atoms with van der Waals surface area (Å²) in [6, 6.07) is 9.14. The van der Waals surface area contributed by atoms with Crippen molar-refractivity contribution in [1.82, 2.24) is 25.3 Å². The average Bonchev–Trinajstić information content (AvgIpc) is 3.27. The Balaban J connectivity index is 1.32. The number of hydrogen-bond acceptors (Lipinski definition) is 6. The number of rotatable bonds is 3. The van der Waals surface area contributed by atoms with E-state index in [9.17, 15) is 9.59 Å². The fourth-order valence-corrected chi connectivity index (χ4v) is 2.96. The Kier molecular flexibility index (Phi) is 3.96. The molecule has 0 bridgehead atoms. The van der Waals surface area contributed by atoms with Gasteiger partial charge in [-0.15, -0.1) is 10.2 Å². The van der Waals surface area contributed by atoms with Crippen LogP contribution in [0.3, 0.4) is 0 Å². The van der Waals surface area contributed by atoms with Gasteiger partial charge in [-0.3, -0.25) is 4.90 Å². The molecule has 0 radical (unpaired) electrons. The van der Waals surface area contributed by atoms with Gasteiger partial charge in [-0.25, -0.2) is 9.59 Å². The highest BCUT2D eigenvalue weighted by Crippen LogP contribution is 2.18. The predicted molar refractivity (Wildman–Crippen MR) is 85.4 cm³/mol. The summed E-state index contributed by atoms with van der Waals surface area (Å²) in [5, 5.41) is 10.7. The van der Waals surface area contributed by atoms with E-state index in [1.54, 1.807) is 9.80 Å². The highest BCUT2D eigenvalue weighted by atomic mass is 16.6. The number of carbonyl (C=O) groups is 2. The van der Waals surface area contributed by atoms with Crippen molar-refractivity contribution in [1.29, 1.82) is 0 Å². The van der Waals surface area contributed by atoms with Crippen LogP contribution in [0.2, 0.25) is 0 Å². The highest BCUT2D eigenvalue weighted by Gasteiger charge is 2.38. The summed E-state index contributed by atoms with van der Waals surface area (Å²) in [5.74, 6) is 0.755. The number of benzene rings is 1. The monoisotopic (exact) mass is 343 g/mol. The van der Waals surface area contributed by atoms with Crippen LogP contribution in [0.5, 0.6) is 0 Å². The first kappa shape index (κ1) is 15.4. The van der Waals surface area contributed by atoms with Gasteiger partial charge in [0.15, 0.2) is 0 Å². The molecule has 0 spiro atoms. The number of nitrogens with zero attached hydrogens (tertiary/aromatic N) is 4. The van der Waals surface area contributed by atoms with Crippen LogP contribution < -0.4 is 5.32 Å². The molecule has 25 heavy (non-hydrogen) atoms. The third-order valence-corrected chi connectivity index (χ3v) is 4.28. The molecule has 2 aromatic rings. The number of ether oxygens (including phenoxy) is 1. The first-order valence-corrected chi connectivity index (χ1v) is 8.04. The molecule has 0 unspecified atom stereocenters. The number of nitrogens with one attached hydrogen (secondary N) is 1. The van der Waals surface area contributed by atoms with Gasteiger partial charge in [-0.1, -0.05) is 18.2 Å². The van der Waals surface area contributed by atoms with Crippen LogP contribution in [0.25, 0.3) is 11.5 Å².